The highest BCUT2D eigenvalue weighted by atomic mass is 32.2. The molecule has 166 valence electrons. The summed E-state index contributed by atoms with van der Waals surface area (Å²) in [7, 11) is 0. The molecule has 2 aromatic heterocycles. The summed E-state index contributed by atoms with van der Waals surface area (Å²) >= 11 is 4.70. The van der Waals surface area contributed by atoms with Gasteiger partial charge in [-0.25, -0.2) is 9.37 Å². The van der Waals surface area contributed by atoms with Gasteiger partial charge in [0.05, 0.1) is 21.7 Å². The molecule has 2 aromatic carbocycles. The van der Waals surface area contributed by atoms with Crippen LogP contribution in [0.5, 0.6) is 0 Å². The Morgan fingerprint density at radius 3 is 2.72 bits per heavy atom. The summed E-state index contributed by atoms with van der Waals surface area (Å²) in [6, 6.07) is 14.4. The summed E-state index contributed by atoms with van der Waals surface area (Å²) < 4.78 is 17.2. The Kier molecular flexibility index (Phi) is 7.77. The largest absolute Gasteiger partial charge is 0.355 e. The second kappa shape index (κ2) is 10.9. The molecule has 0 saturated carbocycles. The monoisotopic (exact) mass is 487 g/mol. The first-order valence-electron chi connectivity index (χ1n) is 10.2. The molecule has 0 aliphatic heterocycles. The lowest BCUT2D eigenvalue weighted by atomic mass is 10.1. The van der Waals surface area contributed by atoms with E-state index in [9.17, 15) is 9.18 Å². The van der Waals surface area contributed by atoms with E-state index in [1.165, 1.54) is 28.6 Å². The van der Waals surface area contributed by atoms with E-state index in [2.05, 4.69) is 26.6 Å². The zero-order valence-corrected chi connectivity index (χ0v) is 19.9. The molecule has 0 aliphatic rings. The first-order chi connectivity index (χ1) is 15.6. The van der Waals surface area contributed by atoms with Gasteiger partial charge in [-0.2, -0.15) is 0 Å². The number of nitrogens with one attached hydrogen (secondary N) is 1. The van der Waals surface area contributed by atoms with Crippen molar-refractivity contribution in [3.05, 3.63) is 65.7 Å². The van der Waals surface area contributed by atoms with Crippen LogP contribution >= 0.6 is 34.9 Å². The van der Waals surface area contributed by atoms with Crippen LogP contribution in [0.4, 0.5) is 4.39 Å². The van der Waals surface area contributed by atoms with Crippen LogP contribution in [0.1, 0.15) is 18.3 Å². The quantitative estimate of drug-likeness (QED) is 0.324. The molecule has 2 heterocycles. The van der Waals surface area contributed by atoms with Crippen LogP contribution < -0.4 is 5.32 Å². The van der Waals surface area contributed by atoms with Crippen molar-refractivity contribution in [2.45, 2.75) is 35.1 Å². The first kappa shape index (κ1) is 22.8. The van der Waals surface area contributed by atoms with Gasteiger partial charge < -0.3 is 9.88 Å². The predicted molar refractivity (Wildman–Crippen MR) is 129 cm³/mol. The molecule has 0 bridgehead atoms. The van der Waals surface area contributed by atoms with Crippen LogP contribution in [0.25, 0.3) is 10.2 Å². The zero-order chi connectivity index (χ0) is 22.3. The standard InChI is InChI=1S/C22H22FN5OS3/c1-2-28-19(13-31-22-25-17-5-3-4-6-18(17)32-22)26-27-21(28)30-14-20(29)24-12-11-15-7-9-16(23)10-8-15/h3-10H,2,11-14H2,1H3,(H,24,29). The van der Waals surface area contributed by atoms with Crippen molar-refractivity contribution in [2.24, 2.45) is 0 Å². The van der Waals surface area contributed by atoms with Crippen molar-refractivity contribution in [3.63, 3.8) is 0 Å². The molecule has 0 unspecified atom stereocenters. The van der Waals surface area contributed by atoms with Crippen LogP contribution in [0.3, 0.4) is 0 Å². The van der Waals surface area contributed by atoms with Gasteiger partial charge in [0.1, 0.15) is 11.6 Å². The summed E-state index contributed by atoms with van der Waals surface area (Å²) in [6.07, 6.45) is 0.662. The van der Waals surface area contributed by atoms with E-state index in [-0.39, 0.29) is 17.5 Å². The van der Waals surface area contributed by atoms with E-state index in [0.717, 1.165) is 32.9 Å². The van der Waals surface area contributed by atoms with Gasteiger partial charge >= 0.3 is 0 Å². The summed E-state index contributed by atoms with van der Waals surface area (Å²) in [4.78, 5) is 16.9. The molecule has 0 atom stereocenters. The second-order valence-electron chi connectivity index (χ2n) is 6.89. The average molecular weight is 488 g/mol. The Labute approximate surface area is 198 Å². The maximum absolute atomic E-state index is 13.0. The highest BCUT2D eigenvalue weighted by Crippen LogP contribution is 2.31. The Balaban J connectivity index is 1.26. The number of hydrogen-bond acceptors (Lipinski definition) is 7. The number of benzene rings is 2. The number of amides is 1. The van der Waals surface area contributed by atoms with Crippen LogP contribution in [-0.4, -0.2) is 38.0 Å². The number of nitrogens with zero attached hydrogens (tertiary/aromatic N) is 4. The van der Waals surface area contributed by atoms with Gasteiger partial charge in [0.25, 0.3) is 0 Å². The third-order valence-corrected chi connectivity index (χ3v) is 7.83. The number of thioether (sulfide) groups is 2. The van der Waals surface area contributed by atoms with Crippen molar-refractivity contribution < 1.29 is 9.18 Å². The molecule has 1 amide bonds. The minimum atomic E-state index is -0.257. The van der Waals surface area contributed by atoms with Gasteiger partial charge in [-0.15, -0.1) is 21.5 Å². The summed E-state index contributed by atoms with van der Waals surface area (Å²) in [6.45, 7) is 3.29. The normalized spacial score (nSPS) is 11.2. The molecule has 10 heteroatoms. The van der Waals surface area contributed by atoms with E-state index in [4.69, 9.17) is 0 Å². The molecule has 4 rings (SSSR count). The lowest BCUT2D eigenvalue weighted by Crippen LogP contribution is -2.27. The average Bonchev–Trinajstić information content (AvgIpc) is 3.40. The van der Waals surface area contributed by atoms with Crippen LogP contribution in [-0.2, 0) is 23.5 Å². The molecule has 0 saturated heterocycles. The van der Waals surface area contributed by atoms with E-state index >= 15 is 0 Å². The van der Waals surface area contributed by atoms with Crippen molar-refractivity contribution >= 4 is 51.0 Å². The number of halogens is 1. The number of carbonyl (C=O) groups excluding carboxylic acids is 1. The van der Waals surface area contributed by atoms with Crippen LogP contribution in [0.2, 0.25) is 0 Å². The molecule has 4 aromatic rings. The highest BCUT2D eigenvalue weighted by Gasteiger charge is 2.14. The molecule has 0 radical (unpaired) electrons. The first-order valence-corrected chi connectivity index (χ1v) is 13.0. The summed E-state index contributed by atoms with van der Waals surface area (Å²) in [5, 5.41) is 12.2. The van der Waals surface area contributed by atoms with E-state index in [1.54, 1.807) is 35.2 Å². The molecule has 0 aliphatic carbocycles. The zero-order valence-electron chi connectivity index (χ0n) is 17.5. The topological polar surface area (TPSA) is 72.7 Å². The molecule has 0 fully saturated rings. The SMILES string of the molecule is CCn1c(CSc2nc3ccccc3s2)nnc1SCC(=O)NCCc1ccc(F)cc1. The Hall–Kier alpha value is -2.43. The van der Waals surface area contributed by atoms with Crippen LogP contribution in [0, 0.1) is 5.82 Å². The number of rotatable bonds is 10. The molecule has 0 spiro atoms. The number of para-hydroxylation sites is 1. The van der Waals surface area contributed by atoms with Crippen molar-refractivity contribution in [1.82, 2.24) is 25.1 Å². The van der Waals surface area contributed by atoms with E-state index in [0.29, 0.717) is 18.7 Å². The third kappa shape index (κ3) is 5.87. The van der Waals surface area contributed by atoms with E-state index in [1.807, 2.05) is 29.7 Å². The van der Waals surface area contributed by atoms with E-state index < -0.39 is 0 Å². The third-order valence-electron chi connectivity index (χ3n) is 4.69. The van der Waals surface area contributed by atoms with Gasteiger partial charge in [0.2, 0.25) is 5.91 Å². The molecule has 1 N–H and O–H groups in total. The van der Waals surface area contributed by atoms with Crippen molar-refractivity contribution in [3.8, 4) is 0 Å². The lowest BCUT2D eigenvalue weighted by molar-refractivity contribution is -0.118. The molecular formula is C22H22FN5OS3. The molecule has 6 nitrogen and oxygen atoms in total. The second-order valence-corrected chi connectivity index (χ2v) is 10.1. The lowest BCUT2D eigenvalue weighted by Gasteiger charge is -2.07. The Morgan fingerprint density at radius 1 is 1.12 bits per heavy atom. The fraction of sp³-hybridized carbons (Fsp3) is 0.273. The maximum atomic E-state index is 13.0. The number of fused-ring (bicyclic) bond motifs is 1. The number of hydrogen-bond donors (Lipinski definition) is 1. The fourth-order valence-electron chi connectivity index (χ4n) is 3.07. The number of thiazole rings is 1. The van der Waals surface area contributed by atoms with Crippen molar-refractivity contribution in [2.75, 3.05) is 12.3 Å². The summed E-state index contributed by atoms with van der Waals surface area (Å²) in [5.41, 5.74) is 2.00. The molecule has 32 heavy (non-hydrogen) atoms. The van der Waals surface area contributed by atoms with Gasteiger partial charge in [-0.3, -0.25) is 4.79 Å². The summed E-state index contributed by atoms with van der Waals surface area (Å²) in [5.74, 6) is 1.49. The van der Waals surface area contributed by atoms with Gasteiger partial charge in [-0.05, 0) is 43.2 Å². The Bertz CT molecular complexity index is 1160. The van der Waals surface area contributed by atoms with Gasteiger partial charge in [0.15, 0.2) is 9.50 Å². The molecular weight excluding hydrogens is 465 g/mol. The maximum Gasteiger partial charge on any atom is 0.230 e. The number of carbonyl (C=O) groups is 1. The smallest absolute Gasteiger partial charge is 0.230 e. The van der Waals surface area contributed by atoms with Crippen LogP contribution in [0.15, 0.2) is 58.0 Å². The minimum absolute atomic E-state index is 0.0619. The minimum Gasteiger partial charge on any atom is -0.355 e. The Morgan fingerprint density at radius 2 is 1.94 bits per heavy atom. The fourth-order valence-corrected chi connectivity index (χ4v) is 5.93. The highest BCUT2D eigenvalue weighted by molar-refractivity contribution is 8.00. The number of aromatic nitrogens is 4. The van der Waals surface area contributed by atoms with Gasteiger partial charge in [-0.1, -0.05) is 47.8 Å². The predicted octanol–water partition coefficient (Wildman–Crippen LogP) is 4.79. The van der Waals surface area contributed by atoms with Crippen molar-refractivity contribution in [1.29, 1.82) is 0 Å². The van der Waals surface area contributed by atoms with Gasteiger partial charge in [0, 0.05) is 13.1 Å².